The van der Waals surface area contributed by atoms with Crippen molar-refractivity contribution >= 4 is 16.3 Å². The maximum Gasteiger partial charge on any atom is 0.503 e. The van der Waals surface area contributed by atoms with E-state index < -0.39 is 30.3 Å². The topological polar surface area (TPSA) is 25.4 Å². The number of aromatic nitrogens is 2. The molecule has 0 radical (unpaired) electrons. The van der Waals surface area contributed by atoms with E-state index in [2.05, 4.69) is 0 Å². The monoisotopic (exact) mass is 353 g/mol. The van der Waals surface area contributed by atoms with Crippen molar-refractivity contribution in [3.05, 3.63) is 47.1 Å². The first-order chi connectivity index (χ1) is 11.0. The van der Waals surface area contributed by atoms with Gasteiger partial charge in [0, 0.05) is 5.39 Å². The Labute approximate surface area is 128 Å². The van der Waals surface area contributed by atoms with Crippen LogP contribution in [0.3, 0.4) is 0 Å². The molecule has 0 unspecified atom stereocenters. The summed E-state index contributed by atoms with van der Waals surface area (Å²) in [5.41, 5.74) is -0.772. The summed E-state index contributed by atoms with van der Waals surface area (Å²) in [5, 5.41) is 0.854. The molecule has 0 saturated heterocycles. The number of rotatable bonds is 3. The van der Waals surface area contributed by atoms with Gasteiger partial charge >= 0.3 is 23.7 Å². The highest BCUT2D eigenvalue weighted by Crippen LogP contribution is 2.46. The molecule has 0 amide bonds. The van der Waals surface area contributed by atoms with E-state index in [9.17, 15) is 35.5 Å². The lowest BCUT2D eigenvalue weighted by Gasteiger charge is -2.26. The maximum absolute atomic E-state index is 13.6. The van der Waals surface area contributed by atoms with Gasteiger partial charge in [-0.1, -0.05) is 12.1 Å². The first-order valence-electron chi connectivity index (χ1n) is 6.54. The van der Waals surface area contributed by atoms with Gasteiger partial charge in [-0.2, -0.15) is 44.5 Å². The van der Waals surface area contributed by atoms with Gasteiger partial charge < -0.3 is 0 Å². The Morgan fingerprint density at radius 3 is 2.21 bits per heavy atom. The third-order valence-electron chi connectivity index (χ3n) is 3.67. The summed E-state index contributed by atoms with van der Waals surface area (Å²) in [6, 6.07) is 6.10. The normalized spacial score (nSPS) is 14.0. The zero-order valence-corrected chi connectivity index (χ0v) is 11.6. The first-order valence-corrected chi connectivity index (χ1v) is 6.54. The van der Waals surface area contributed by atoms with Crippen molar-refractivity contribution in [2.75, 3.05) is 0 Å². The van der Waals surface area contributed by atoms with Crippen LogP contribution in [-0.4, -0.2) is 22.4 Å². The van der Waals surface area contributed by atoms with Crippen LogP contribution in [0, 0.1) is 0 Å². The minimum absolute atomic E-state index is 0.154. The van der Waals surface area contributed by atoms with Crippen LogP contribution in [0.15, 0.2) is 41.5 Å². The summed E-state index contributed by atoms with van der Waals surface area (Å²) >= 11 is 0. The predicted octanol–water partition coefficient (Wildman–Crippen LogP) is 3.01. The molecule has 3 aromatic rings. The Balaban J connectivity index is 2.14. The van der Waals surface area contributed by atoms with Gasteiger partial charge in [0.15, 0.2) is 12.1 Å². The lowest BCUT2D eigenvalue weighted by atomic mass is 10.1. The molecule has 1 aromatic carbocycles. The molecule has 0 saturated carbocycles. The molecule has 0 aliphatic rings. The fourth-order valence-corrected chi connectivity index (χ4v) is 2.48. The fraction of sp³-hybridized carbons (Fsp3) is 0.286. The van der Waals surface area contributed by atoms with Crippen molar-refractivity contribution in [1.29, 1.82) is 0 Å². The Kier molecular flexibility index (Phi) is 3.30. The van der Waals surface area contributed by atoms with Gasteiger partial charge in [0.2, 0.25) is 0 Å². The van der Waals surface area contributed by atoms with Gasteiger partial charge in [-0.25, -0.2) is 0 Å². The average molecular weight is 353 g/mol. The van der Waals surface area contributed by atoms with Crippen LogP contribution >= 0.6 is 0 Å². The zero-order valence-electron chi connectivity index (χ0n) is 11.6. The predicted molar refractivity (Wildman–Crippen MR) is 68.5 cm³/mol. The molecule has 0 spiro atoms. The smallest absolute Gasteiger partial charge is 0.196 e. The van der Waals surface area contributed by atoms with E-state index >= 15 is 0 Å². The van der Waals surface area contributed by atoms with Gasteiger partial charge in [0.1, 0.15) is 12.4 Å². The molecule has 0 aliphatic heterocycles. The van der Waals surface area contributed by atoms with Crippen molar-refractivity contribution in [3.8, 4) is 0 Å². The number of para-hydroxylation sites is 1. The molecule has 24 heavy (non-hydrogen) atoms. The fourth-order valence-electron chi connectivity index (χ4n) is 2.48. The molecular weight excluding hydrogens is 345 g/mol. The zero-order chi connectivity index (χ0) is 17.9. The lowest BCUT2D eigenvalue weighted by Crippen LogP contribution is -2.63. The number of benzene rings is 1. The highest BCUT2D eigenvalue weighted by Gasteiger charge is 2.73. The Morgan fingerprint density at radius 2 is 1.58 bits per heavy atom. The summed E-state index contributed by atoms with van der Waals surface area (Å²) < 4.78 is 90.8. The van der Waals surface area contributed by atoms with E-state index in [1.807, 2.05) is 0 Å². The van der Waals surface area contributed by atoms with Crippen molar-refractivity contribution in [3.63, 3.8) is 0 Å². The van der Waals surface area contributed by atoms with Gasteiger partial charge in [0.05, 0.1) is 5.39 Å². The highest BCUT2D eigenvalue weighted by molar-refractivity contribution is 5.95. The SMILES string of the molecule is O=c1n2ccc3cccc(c[n+]1CC(F)(F)C(F)(F)C(F)(F)F)c32. The van der Waals surface area contributed by atoms with Crippen molar-refractivity contribution < 1.29 is 35.3 Å². The average Bonchev–Trinajstić information content (AvgIpc) is 2.88. The lowest BCUT2D eigenvalue weighted by molar-refractivity contribution is -0.734. The van der Waals surface area contributed by atoms with Crippen LogP contribution in [0.25, 0.3) is 16.3 Å². The third-order valence-corrected chi connectivity index (χ3v) is 3.67. The van der Waals surface area contributed by atoms with Crippen LogP contribution in [0.4, 0.5) is 30.7 Å². The molecule has 0 fully saturated rings. The number of nitrogens with zero attached hydrogens (tertiary/aromatic N) is 2. The molecule has 0 atom stereocenters. The Morgan fingerprint density at radius 1 is 0.958 bits per heavy atom. The highest BCUT2D eigenvalue weighted by atomic mass is 19.4. The van der Waals surface area contributed by atoms with Gasteiger partial charge in [-0.05, 0) is 12.1 Å². The van der Waals surface area contributed by atoms with Crippen LogP contribution < -0.4 is 10.3 Å². The van der Waals surface area contributed by atoms with E-state index in [0.717, 1.165) is 10.6 Å². The summed E-state index contributed by atoms with van der Waals surface area (Å²) in [4.78, 5) is 12.1. The second-order valence-corrected chi connectivity index (χ2v) is 5.29. The van der Waals surface area contributed by atoms with Crippen LogP contribution in [0.1, 0.15) is 0 Å². The largest absolute Gasteiger partial charge is 0.503 e. The van der Waals surface area contributed by atoms with E-state index in [1.165, 1.54) is 24.4 Å². The molecule has 2 heterocycles. The van der Waals surface area contributed by atoms with E-state index in [1.54, 1.807) is 6.07 Å². The molecule has 3 nitrogen and oxygen atoms in total. The van der Waals surface area contributed by atoms with E-state index in [0.29, 0.717) is 10.9 Å². The molecule has 10 heteroatoms. The quantitative estimate of drug-likeness (QED) is 0.525. The summed E-state index contributed by atoms with van der Waals surface area (Å²) in [7, 11) is 0. The standard InChI is InChI=1S/C14H8F7N2O/c15-12(16,13(17,18)14(19,20)21)7-22-6-9-3-1-2-8-4-5-23(10(8)9)11(22)24/h1-6H,7H2/q+1. The molecule has 128 valence electrons. The van der Waals surface area contributed by atoms with Crippen LogP contribution in [0.2, 0.25) is 0 Å². The van der Waals surface area contributed by atoms with E-state index in [-0.39, 0.29) is 9.95 Å². The maximum atomic E-state index is 13.6. The number of halogens is 7. The van der Waals surface area contributed by atoms with Crippen molar-refractivity contribution in [2.45, 2.75) is 24.6 Å². The molecule has 0 N–H and O–H groups in total. The van der Waals surface area contributed by atoms with Crippen LogP contribution in [-0.2, 0) is 6.54 Å². The summed E-state index contributed by atoms with van der Waals surface area (Å²) in [6.07, 6.45) is -4.37. The molecule has 3 rings (SSSR count). The van der Waals surface area contributed by atoms with Crippen molar-refractivity contribution in [2.24, 2.45) is 0 Å². The minimum atomic E-state index is -6.44. The number of hydrogen-bond donors (Lipinski definition) is 0. The first kappa shape index (κ1) is 16.5. The second-order valence-electron chi connectivity index (χ2n) is 5.29. The Hall–Kier alpha value is -2.39. The summed E-state index contributed by atoms with van der Waals surface area (Å²) in [5.74, 6) is -11.8. The van der Waals surface area contributed by atoms with Crippen LogP contribution in [0.5, 0.6) is 0 Å². The third kappa shape index (κ3) is 2.20. The van der Waals surface area contributed by atoms with Crippen molar-refractivity contribution in [1.82, 2.24) is 4.40 Å². The molecule has 2 aromatic heterocycles. The molecular formula is C14H8F7N2O+. The van der Waals surface area contributed by atoms with E-state index in [4.69, 9.17) is 0 Å². The van der Waals surface area contributed by atoms with Gasteiger partial charge in [-0.3, -0.25) is 0 Å². The Bertz CT molecular complexity index is 961. The number of alkyl halides is 7. The second kappa shape index (κ2) is 4.81. The number of hydrogen-bond acceptors (Lipinski definition) is 1. The molecule has 0 aliphatic carbocycles. The van der Waals surface area contributed by atoms with Gasteiger partial charge in [0.25, 0.3) is 0 Å². The molecule has 0 bridgehead atoms. The van der Waals surface area contributed by atoms with Gasteiger partial charge in [-0.15, -0.1) is 0 Å². The summed E-state index contributed by atoms with van der Waals surface area (Å²) in [6.45, 7) is -2.10. The minimum Gasteiger partial charge on any atom is -0.196 e.